The van der Waals surface area contributed by atoms with Crippen LogP contribution in [0.1, 0.15) is 76.1 Å². The number of ether oxygens (including phenoxy) is 4. The molecule has 0 bridgehead atoms. The Labute approximate surface area is 348 Å². The number of likely N-dealkylation sites (tertiary alicyclic amines) is 2. The quantitative estimate of drug-likeness (QED) is 0.150. The molecule has 4 heterocycles. The average molecular weight is 803 g/mol. The molecule has 8 rings (SSSR count). The van der Waals surface area contributed by atoms with Crippen molar-refractivity contribution in [2.75, 3.05) is 26.3 Å². The zero-order chi connectivity index (χ0) is 41.7. The number of hydrogen-bond acceptors (Lipinski definition) is 8. The summed E-state index contributed by atoms with van der Waals surface area (Å²) in [6.07, 6.45) is 1.03. The minimum absolute atomic E-state index is 0.0108. The number of carbonyl (C=O) groups is 4. The molecule has 0 radical (unpaired) electrons. The Morgan fingerprint density at radius 3 is 1.85 bits per heavy atom. The summed E-state index contributed by atoms with van der Waals surface area (Å²) in [4.78, 5) is 54.5. The summed E-state index contributed by atoms with van der Waals surface area (Å²) < 4.78 is 23.4. The van der Waals surface area contributed by atoms with E-state index >= 15 is 0 Å². The van der Waals surface area contributed by atoms with E-state index in [1.165, 1.54) is 5.56 Å². The molecule has 4 fully saturated rings. The van der Waals surface area contributed by atoms with Gasteiger partial charge in [-0.2, -0.15) is 0 Å². The van der Waals surface area contributed by atoms with Crippen molar-refractivity contribution >= 4 is 34.2 Å². The Morgan fingerprint density at radius 2 is 1.24 bits per heavy atom. The lowest BCUT2D eigenvalue weighted by Gasteiger charge is -2.28. The predicted molar refractivity (Wildman–Crippen MR) is 226 cm³/mol. The molecule has 6 atom stereocenters. The number of ketones is 2. The molecule has 4 aromatic carbocycles. The standard InChI is InChI=1S/C26H25NO4.C23H33NO4/c28-22-17-31-23-13-14-27(25(22)23)26(29)24(15-18-7-2-1-3-8-18)30-16-20-11-6-10-19-9-4-5-12-21(19)20;1-15(2)12-20(22(26)24-11-10-19-21(24)18(25)14-28-19)27-13-16-6-8-17(9-7-16)23(3,4)5/h1-12,23-25H,13-17H2;6-9,15,19-21H,10-14H2,1-5H3. The van der Waals surface area contributed by atoms with E-state index in [1.807, 2.05) is 54.6 Å². The van der Waals surface area contributed by atoms with Crippen LogP contribution in [0.4, 0.5) is 0 Å². The first kappa shape index (κ1) is 42.4. The van der Waals surface area contributed by atoms with E-state index < -0.39 is 24.3 Å². The van der Waals surface area contributed by atoms with E-state index in [0.29, 0.717) is 51.5 Å². The first-order valence-electron chi connectivity index (χ1n) is 21.1. The van der Waals surface area contributed by atoms with Crippen LogP contribution in [0.2, 0.25) is 0 Å². The molecule has 0 N–H and O–H groups in total. The molecular weight excluding hydrogens is 745 g/mol. The maximum atomic E-state index is 13.5. The Bertz CT molecular complexity index is 2090. The molecule has 10 nitrogen and oxygen atoms in total. The predicted octanol–water partition coefficient (Wildman–Crippen LogP) is 7.02. The van der Waals surface area contributed by atoms with Crippen LogP contribution < -0.4 is 0 Å². The minimum atomic E-state index is -0.659. The zero-order valence-electron chi connectivity index (χ0n) is 35.0. The van der Waals surface area contributed by atoms with Gasteiger partial charge in [-0.3, -0.25) is 19.2 Å². The number of amides is 2. The van der Waals surface area contributed by atoms with Crippen LogP contribution in [0.25, 0.3) is 10.8 Å². The second-order valence-electron chi connectivity index (χ2n) is 17.7. The van der Waals surface area contributed by atoms with Crippen molar-refractivity contribution < 1.29 is 38.1 Å². The molecule has 2 amide bonds. The number of nitrogens with zero attached hydrogens (tertiary/aromatic N) is 2. The second kappa shape index (κ2) is 18.7. The maximum absolute atomic E-state index is 13.5. The molecule has 6 unspecified atom stereocenters. The highest BCUT2D eigenvalue weighted by atomic mass is 16.5. The van der Waals surface area contributed by atoms with Gasteiger partial charge in [-0.1, -0.05) is 132 Å². The highest BCUT2D eigenvalue weighted by Crippen LogP contribution is 2.31. The number of benzene rings is 4. The number of Topliss-reactive ketones (excluding diaryl/α,β-unsaturated/α-hetero) is 2. The number of fused-ring (bicyclic) bond motifs is 3. The highest BCUT2D eigenvalue weighted by molar-refractivity contribution is 5.94. The van der Waals surface area contributed by atoms with Gasteiger partial charge in [0, 0.05) is 19.5 Å². The third-order valence-corrected chi connectivity index (χ3v) is 11.9. The van der Waals surface area contributed by atoms with Crippen LogP contribution in [0, 0.1) is 5.92 Å². The molecule has 4 aliphatic rings. The van der Waals surface area contributed by atoms with E-state index in [2.05, 4.69) is 77.1 Å². The molecule has 0 saturated carbocycles. The lowest BCUT2D eigenvalue weighted by Crippen LogP contribution is -2.47. The van der Waals surface area contributed by atoms with Gasteiger partial charge < -0.3 is 28.7 Å². The van der Waals surface area contributed by atoms with Crippen molar-refractivity contribution in [3.63, 3.8) is 0 Å². The van der Waals surface area contributed by atoms with Crippen molar-refractivity contribution in [3.05, 3.63) is 119 Å². The monoisotopic (exact) mass is 802 g/mol. The number of hydrogen-bond donors (Lipinski definition) is 0. The van der Waals surface area contributed by atoms with Gasteiger partial charge in [0.05, 0.1) is 25.4 Å². The number of rotatable bonds is 12. The normalized spacial score (nSPS) is 22.3. The van der Waals surface area contributed by atoms with E-state index in [0.717, 1.165) is 33.9 Å². The second-order valence-corrected chi connectivity index (χ2v) is 17.7. The fraction of sp³-hybridized carbons (Fsp3) is 0.469. The fourth-order valence-electron chi connectivity index (χ4n) is 8.67. The summed E-state index contributed by atoms with van der Waals surface area (Å²) in [5, 5.41) is 2.27. The smallest absolute Gasteiger partial charge is 0.252 e. The molecular formula is C49H58N2O8. The summed E-state index contributed by atoms with van der Waals surface area (Å²) in [5.74, 6) is 0.119. The van der Waals surface area contributed by atoms with E-state index in [-0.39, 0.29) is 54.2 Å². The van der Waals surface area contributed by atoms with Crippen LogP contribution in [-0.4, -0.2) is 96.0 Å². The molecule has 4 aromatic rings. The van der Waals surface area contributed by atoms with E-state index in [1.54, 1.807) is 9.80 Å². The summed E-state index contributed by atoms with van der Waals surface area (Å²) in [6.45, 7) is 12.8. The van der Waals surface area contributed by atoms with Crippen LogP contribution in [0.3, 0.4) is 0 Å². The molecule has 4 saturated heterocycles. The molecule has 0 aromatic heterocycles. The van der Waals surface area contributed by atoms with Crippen LogP contribution in [0.5, 0.6) is 0 Å². The Hall–Kier alpha value is -4.74. The average Bonchev–Trinajstić information content (AvgIpc) is 4.03. The van der Waals surface area contributed by atoms with Gasteiger partial charge in [0.25, 0.3) is 11.8 Å². The van der Waals surface area contributed by atoms with Crippen molar-refractivity contribution in [1.29, 1.82) is 0 Å². The van der Waals surface area contributed by atoms with Gasteiger partial charge in [-0.05, 0) is 63.6 Å². The van der Waals surface area contributed by atoms with Gasteiger partial charge in [0.2, 0.25) is 0 Å². The zero-order valence-corrected chi connectivity index (χ0v) is 35.0. The summed E-state index contributed by atoms with van der Waals surface area (Å²) in [6, 6.07) is 31.6. The van der Waals surface area contributed by atoms with Crippen molar-refractivity contribution in [2.24, 2.45) is 5.92 Å². The SMILES string of the molecule is CC(C)CC(OCc1ccc(C(C)(C)C)cc1)C(=O)N1CCC2OCC(=O)C21.O=C1COC2CCN(C(=O)C(Cc3ccccc3)OCc3cccc4ccccc34)C12. The molecule has 10 heteroatoms. The maximum Gasteiger partial charge on any atom is 0.252 e. The lowest BCUT2D eigenvalue weighted by atomic mass is 9.87. The third kappa shape index (κ3) is 10.0. The third-order valence-electron chi connectivity index (χ3n) is 11.9. The Morgan fingerprint density at radius 1 is 0.678 bits per heavy atom. The van der Waals surface area contributed by atoms with Crippen molar-refractivity contribution in [2.45, 2.75) is 115 Å². The highest BCUT2D eigenvalue weighted by Gasteiger charge is 2.49. The largest absolute Gasteiger partial charge is 0.368 e. The summed E-state index contributed by atoms with van der Waals surface area (Å²) in [7, 11) is 0. The van der Waals surface area contributed by atoms with Gasteiger partial charge in [-0.25, -0.2) is 0 Å². The topological polar surface area (TPSA) is 112 Å². The molecule has 312 valence electrons. The fourth-order valence-corrected chi connectivity index (χ4v) is 8.67. The first-order chi connectivity index (χ1) is 28.4. The summed E-state index contributed by atoms with van der Waals surface area (Å²) >= 11 is 0. The molecule has 59 heavy (non-hydrogen) atoms. The van der Waals surface area contributed by atoms with Crippen LogP contribution >= 0.6 is 0 Å². The van der Waals surface area contributed by atoms with E-state index in [4.69, 9.17) is 18.9 Å². The van der Waals surface area contributed by atoms with Gasteiger partial charge in [0.15, 0.2) is 11.6 Å². The Balaban J connectivity index is 0.000000180. The van der Waals surface area contributed by atoms with Crippen molar-refractivity contribution in [1.82, 2.24) is 9.80 Å². The van der Waals surface area contributed by atoms with Crippen LogP contribution in [-0.2, 0) is 63.2 Å². The van der Waals surface area contributed by atoms with Gasteiger partial charge in [0.1, 0.15) is 37.5 Å². The van der Waals surface area contributed by atoms with Gasteiger partial charge in [-0.15, -0.1) is 0 Å². The molecule has 0 aliphatic carbocycles. The molecule has 4 aliphatic heterocycles. The number of carbonyl (C=O) groups excluding carboxylic acids is 4. The lowest BCUT2D eigenvalue weighted by molar-refractivity contribution is -0.149. The first-order valence-corrected chi connectivity index (χ1v) is 21.1. The van der Waals surface area contributed by atoms with Gasteiger partial charge >= 0.3 is 0 Å². The molecule has 0 spiro atoms. The minimum Gasteiger partial charge on any atom is -0.368 e. The summed E-state index contributed by atoms with van der Waals surface area (Å²) in [5.41, 5.74) is 4.51. The van der Waals surface area contributed by atoms with Crippen LogP contribution in [0.15, 0.2) is 97.1 Å². The Kier molecular flexibility index (Phi) is 13.4. The van der Waals surface area contributed by atoms with E-state index in [9.17, 15) is 19.2 Å². The van der Waals surface area contributed by atoms with Crippen molar-refractivity contribution in [3.8, 4) is 0 Å².